The largest absolute Gasteiger partial charge is 0.372 e. The van der Waals surface area contributed by atoms with Crippen LogP contribution in [0.15, 0.2) is 63.1 Å². The average molecular weight is 496 g/mol. The van der Waals surface area contributed by atoms with Crippen LogP contribution in [0.1, 0.15) is 36.2 Å². The molecule has 0 atom stereocenters. The molecule has 0 spiro atoms. The summed E-state index contributed by atoms with van der Waals surface area (Å²) in [6.07, 6.45) is 0. The number of carbonyl (C=O) groups is 1. The van der Waals surface area contributed by atoms with Gasteiger partial charge in [0.25, 0.3) is 5.56 Å². The van der Waals surface area contributed by atoms with Crippen molar-refractivity contribution in [2.45, 2.75) is 57.9 Å². The Morgan fingerprint density at radius 1 is 0.914 bits per heavy atom. The first kappa shape index (κ1) is 26.2. The Hall–Kier alpha value is -3.39. The van der Waals surface area contributed by atoms with Gasteiger partial charge in [-0.25, -0.2) is 8.42 Å². The van der Waals surface area contributed by atoms with Crippen LogP contribution in [0.5, 0.6) is 0 Å². The van der Waals surface area contributed by atoms with E-state index in [1.54, 1.807) is 32.0 Å². The van der Waals surface area contributed by atoms with Crippen LogP contribution in [0.2, 0.25) is 0 Å². The number of pyridine rings is 1. The minimum absolute atomic E-state index is 0.0482. The second-order valence-electron chi connectivity index (χ2n) is 8.73. The summed E-state index contributed by atoms with van der Waals surface area (Å²) in [5.74, 6) is -0.406. The molecule has 0 unspecified atom stereocenters. The zero-order valence-corrected chi connectivity index (χ0v) is 22.0. The third kappa shape index (κ3) is 5.48. The van der Waals surface area contributed by atoms with Gasteiger partial charge < -0.3 is 14.8 Å². The van der Waals surface area contributed by atoms with Gasteiger partial charge in [-0.15, -0.1) is 0 Å². The Morgan fingerprint density at radius 2 is 1.54 bits per heavy atom. The number of nitrogens with zero attached hydrogens (tertiary/aromatic N) is 2. The molecule has 1 aromatic heterocycles. The summed E-state index contributed by atoms with van der Waals surface area (Å²) in [4.78, 5) is 28.2. The maximum absolute atomic E-state index is 13.3. The number of nitrogens with one attached hydrogen (secondary N) is 1. The fraction of sp³-hybridized carbons (Fsp3) is 0.333. The van der Waals surface area contributed by atoms with Gasteiger partial charge in [0.2, 0.25) is 15.7 Å². The summed E-state index contributed by atoms with van der Waals surface area (Å²) in [6.45, 7) is 12.7. The molecule has 0 bridgehead atoms. The number of rotatable bonds is 8. The summed E-state index contributed by atoms with van der Waals surface area (Å²) >= 11 is 0. The highest BCUT2D eigenvalue weighted by Gasteiger charge is 2.26. The first-order chi connectivity index (χ1) is 16.5. The summed E-state index contributed by atoms with van der Waals surface area (Å²) in [6, 6.07) is 13.8. The van der Waals surface area contributed by atoms with Gasteiger partial charge >= 0.3 is 0 Å². The smallest absolute Gasteiger partial charge is 0.270 e. The van der Waals surface area contributed by atoms with Crippen molar-refractivity contribution >= 4 is 27.1 Å². The maximum atomic E-state index is 13.3. The third-order valence-electron chi connectivity index (χ3n) is 6.16. The van der Waals surface area contributed by atoms with Crippen molar-refractivity contribution in [2.75, 3.05) is 23.3 Å². The molecule has 186 valence electrons. The first-order valence-electron chi connectivity index (χ1n) is 11.7. The van der Waals surface area contributed by atoms with E-state index >= 15 is 0 Å². The lowest BCUT2D eigenvalue weighted by atomic mass is 10.1. The van der Waals surface area contributed by atoms with E-state index in [2.05, 4.69) is 24.1 Å². The van der Waals surface area contributed by atoms with E-state index in [1.807, 2.05) is 32.0 Å². The molecule has 35 heavy (non-hydrogen) atoms. The number of hydrogen-bond donors (Lipinski definition) is 1. The van der Waals surface area contributed by atoms with Gasteiger partial charge in [0, 0.05) is 30.2 Å². The number of aryl methyl sites for hydroxylation is 4. The van der Waals surface area contributed by atoms with Gasteiger partial charge in [0.1, 0.15) is 11.4 Å². The number of aromatic nitrogens is 1. The van der Waals surface area contributed by atoms with Crippen molar-refractivity contribution in [3.8, 4) is 0 Å². The molecule has 0 fully saturated rings. The van der Waals surface area contributed by atoms with Crippen molar-refractivity contribution < 1.29 is 13.2 Å². The lowest BCUT2D eigenvalue weighted by Crippen LogP contribution is -2.33. The van der Waals surface area contributed by atoms with E-state index in [9.17, 15) is 18.0 Å². The van der Waals surface area contributed by atoms with Crippen molar-refractivity contribution in [3.05, 3.63) is 81.3 Å². The van der Waals surface area contributed by atoms with E-state index in [0.29, 0.717) is 16.9 Å². The van der Waals surface area contributed by atoms with Crippen LogP contribution in [0.4, 0.5) is 11.4 Å². The van der Waals surface area contributed by atoms with Gasteiger partial charge in [0.15, 0.2) is 0 Å². The minimum Gasteiger partial charge on any atom is -0.372 e. The highest BCUT2D eigenvalue weighted by Crippen LogP contribution is 2.24. The number of amides is 1. The highest BCUT2D eigenvalue weighted by molar-refractivity contribution is 7.91. The summed E-state index contributed by atoms with van der Waals surface area (Å²) in [5.41, 5.74) is 3.70. The molecule has 8 heteroatoms. The molecule has 0 aliphatic carbocycles. The minimum atomic E-state index is -4.05. The summed E-state index contributed by atoms with van der Waals surface area (Å²) in [7, 11) is -4.05. The molecule has 1 N–H and O–H groups in total. The van der Waals surface area contributed by atoms with Gasteiger partial charge in [-0.2, -0.15) is 0 Å². The number of carbonyl (C=O) groups excluding carboxylic acids is 1. The fourth-order valence-electron chi connectivity index (χ4n) is 4.17. The number of hydrogen-bond acceptors (Lipinski definition) is 5. The molecule has 0 aliphatic heterocycles. The molecule has 0 saturated carbocycles. The van der Waals surface area contributed by atoms with Gasteiger partial charge in [-0.3, -0.25) is 9.59 Å². The quantitative estimate of drug-likeness (QED) is 0.500. The first-order valence-corrected chi connectivity index (χ1v) is 13.2. The molecule has 1 amide bonds. The number of sulfone groups is 1. The monoisotopic (exact) mass is 495 g/mol. The number of anilines is 2. The SMILES string of the molecule is CCN(CC)c1ccc(NC(=O)Cn2c(C)cc(C)c(S(=O)(=O)c3ccc(C)cc3)c2=O)c(C)c1. The zero-order valence-electron chi connectivity index (χ0n) is 21.2. The predicted molar refractivity (Wildman–Crippen MR) is 140 cm³/mol. The van der Waals surface area contributed by atoms with Crippen molar-refractivity contribution in [3.63, 3.8) is 0 Å². The van der Waals surface area contributed by atoms with Crippen molar-refractivity contribution in [2.24, 2.45) is 0 Å². The molecular weight excluding hydrogens is 462 g/mol. The van der Waals surface area contributed by atoms with Gasteiger partial charge in [-0.05, 0) is 89.1 Å². The molecule has 7 nitrogen and oxygen atoms in total. The summed E-state index contributed by atoms with van der Waals surface area (Å²) in [5, 5.41) is 2.86. The molecular formula is C27H33N3O4S. The number of benzene rings is 2. The molecule has 0 radical (unpaired) electrons. The van der Waals surface area contributed by atoms with E-state index in [1.165, 1.54) is 16.7 Å². The Kier molecular flexibility index (Phi) is 7.85. The molecule has 1 heterocycles. The van der Waals surface area contributed by atoms with Crippen LogP contribution >= 0.6 is 0 Å². The van der Waals surface area contributed by atoms with Crippen LogP contribution in [0.3, 0.4) is 0 Å². The van der Waals surface area contributed by atoms with Crippen LogP contribution < -0.4 is 15.8 Å². The van der Waals surface area contributed by atoms with Gasteiger partial charge in [0.05, 0.1) is 4.90 Å². The highest BCUT2D eigenvalue weighted by atomic mass is 32.2. The Balaban J connectivity index is 1.92. The fourth-order valence-corrected chi connectivity index (χ4v) is 5.73. The summed E-state index contributed by atoms with van der Waals surface area (Å²) < 4.78 is 27.8. The lowest BCUT2D eigenvalue weighted by molar-refractivity contribution is -0.116. The second kappa shape index (κ2) is 10.5. The van der Waals surface area contributed by atoms with Gasteiger partial charge in [-0.1, -0.05) is 17.7 Å². The third-order valence-corrected chi connectivity index (χ3v) is 8.09. The maximum Gasteiger partial charge on any atom is 0.270 e. The topological polar surface area (TPSA) is 88.5 Å². The van der Waals surface area contributed by atoms with E-state index in [4.69, 9.17) is 0 Å². The Labute approximate surface area is 207 Å². The van der Waals surface area contributed by atoms with Crippen LogP contribution in [-0.4, -0.2) is 32.0 Å². The van der Waals surface area contributed by atoms with Crippen molar-refractivity contribution in [1.82, 2.24) is 4.57 Å². The van der Waals surface area contributed by atoms with Crippen LogP contribution in [-0.2, 0) is 21.2 Å². The molecule has 2 aromatic carbocycles. The molecule has 0 aliphatic rings. The predicted octanol–water partition coefficient (Wildman–Crippen LogP) is 4.40. The Bertz CT molecular complexity index is 1400. The standard InChI is InChI=1S/C27H33N3O4S/c1-7-29(8-2)22-11-14-24(19(4)16-22)28-25(31)17-30-21(6)15-20(5)26(27(30)32)35(33,34)23-12-9-18(3)10-13-23/h9-16H,7-8,17H2,1-6H3,(H,28,31). The van der Waals surface area contributed by atoms with Crippen molar-refractivity contribution in [1.29, 1.82) is 0 Å². The van der Waals surface area contributed by atoms with E-state index in [-0.39, 0.29) is 16.3 Å². The van der Waals surface area contributed by atoms with Crippen LogP contribution in [0, 0.1) is 27.7 Å². The lowest BCUT2D eigenvalue weighted by Gasteiger charge is -2.22. The molecule has 3 rings (SSSR count). The van der Waals surface area contributed by atoms with E-state index < -0.39 is 21.3 Å². The zero-order chi connectivity index (χ0) is 25.9. The normalized spacial score (nSPS) is 11.4. The Morgan fingerprint density at radius 3 is 2.11 bits per heavy atom. The van der Waals surface area contributed by atoms with Crippen LogP contribution in [0.25, 0.3) is 0 Å². The second-order valence-corrected chi connectivity index (χ2v) is 10.6. The van der Waals surface area contributed by atoms with E-state index in [0.717, 1.165) is 29.9 Å². The molecule has 0 saturated heterocycles. The average Bonchev–Trinajstić information content (AvgIpc) is 2.79. The molecule has 3 aromatic rings.